The van der Waals surface area contributed by atoms with Crippen LogP contribution < -0.4 is 0 Å². The molecule has 0 bridgehead atoms. The summed E-state index contributed by atoms with van der Waals surface area (Å²) in [5.74, 6) is 2.20. The zero-order chi connectivity index (χ0) is 21.6. The lowest BCUT2D eigenvalue weighted by atomic mass is 9.80. The van der Waals surface area contributed by atoms with Gasteiger partial charge < -0.3 is 9.80 Å². The van der Waals surface area contributed by atoms with Gasteiger partial charge in [0.15, 0.2) is 5.82 Å². The van der Waals surface area contributed by atoms with Gasteiger partial charge in [-0.15, -0.1) is 0 Å². The third-order valence-corrected chi connectivity index (χ3v) is 7.41. The predicted molar refractivity (Wildman–Crippen MR) is 115 cm³/mol. The summed E-state index contributed by atoms with van der Waals surface area (Å²) < 4.78 is 0. The number of likely N-dealkylation sites (tertiary alicyclic amines) is 3. The van der Waals surface area contributed by atoms with E-state index in [1.165, 1.54) is 0 Å². The van der Waals surface area contributed by atoms with Crippen LogP contribution >= 0.6 is 0 Å². The maximum Gasteiger partial charge on any atom is 0.253 e. The van der Waals surface area contributed by atoms with E-state index in [1.807, 2.05) is 47.1 Å². The van der Waals surface area contributed by atoms with Crippen molar-refractivity contribution in [3.63, 3.8) is 0 Å². The highest BCUT2D eigenvalue weighted by Crippen LogP contribution is 2.45. The Morgan fingerprint density at radius 1 is 1.06 bits per heavy atom. The monoisotopic (exact) mass is 422 g/mol. The van der Waals surface area contributed by atoms with Gasteiger partial charge in [0.05, 0.1) is 5.41 Å². The first-order chi connectivity index (χ1) is 15.0. The van der Waals surface area contributed by atoms with Crippen LogP contribution in [0.25, 0.3) is 0 Å². The van der Waals surface area contributed by atoms with Gasteiger partial charge in [-0.3, -0.25) is 19.6 Å². The normalized spacial score (nSPS) is 27.0. The fraction of sp³-hybridized carbons (Fsp3) is 0.565. The fourth-order valence-electron chi connectivity index (χ4n) is 5.73. The quantitative estimate of drug-likeness (QED) is 0.809. The van der Waals surface area contributed by atoms with E-state index in [9.17, 15) is 9.59 Å². The lowest BCUT2D eigenvalue weighted by Gasteiger charge is -2.37. The fourth-order valence-corrected chi connectivity index (χ4v) is 5.73. The average Bonchev–Trinajstić information content (AvgIpc) is 3.46. The van der Waals surface area contributed by atoms with Crippen molar-refractivity contribution in [2.45, 2.75) is 38.1 Å². The number of carbonyl (C=O) groups is 2. The second kappa shape index (κ2) is 7.75. The van der Waals surface area contributed by atoms with Crippen LogP contribution in [0.1, 0.15) is 41.8 Å². The Morgan fingerprint density at radius 3 is 2.45 bits per heavy atom. The first-order valence-corrected chi connectivity index (χ1v) is 11.2. The van der Waals surface area contributed by atoms with Crippen molar-refractivity contribution in [2.75, 3.05) is 39.3 Å². The summed E-state index contributed by atoms with van der Waals surface area (Å²) in [5.41, 5.74) is 0.490. The smallest absolute Gasteiger partial charge is 0.253 e. The molecule has 0 radical (unpaired) electrons. The molecule has 1 aromatic carbocycles. The van der Waals surface area contributed by atoms with Crippen molar-refractivity contribution in [1.82, 2.24) is 29.9 Å². The first kappa shape index (κ1) is 20.2. The highest BCUT2D eigenvalue weighted by Gasteiger charge is 2.57. The summed E-state index contributed by atoms with van der Waals surface area (Å²) in [7, 11) is 0. The highest BCUT2D eigenvalue weighted by atomic mass is 16.2. The predicted octanol–water partition coefficient (Wildman–Crippen LogP) is 1.45. The van der Waals surface area contributed by atoms with Crippen LogP contribution in [0.15, 0.2) is 30.3 Å². The standard InChI is InChI=1S/C23H30N6O2/c1-16-24-22(26-25-16)23-14-28(20-8-10-27(11-9-20)17(2)30)12-19(23)13-29(15-23)21(31)18-6-4-3-5-7-18/h3-7,19-20H,8-15H2,1-2H3,(H,24,25,26)/t19-,23-/m1/s1. The van der Waals surface area contributed by atoms with Crippen molar-refractivity contribution < 1.29 is 9.59 Å². The molecule has 3 aliphatic heterocycles. The Balaban J connectivity index is 1.37. The molecule has 0 aliphatic carbocycles. The molecule has 0 unspecified atom stereocenters. The molecule has 5 rings (SSSR count). The molecule has 2 amide bonds. The molecule has 1 N–H and O–H groups in total. The number of rotatable bonds is 3. The number of benzene rings is 1. The molecule has 2 aromatic rings. The molecule has 3 aliphatic rings. The molecule has 3 fully saturated rings. The molecular weight excluding hydrogens is 392 g/mol. The SMILES string of the molecule is CC(=O)N1CCC(N2C[C@@H]3CN(C(=O)c4ccccc4)C[C@]3(c3n[nH]c(C)n3)C2)CC1. The number of piperidine rings is 1. The van der Waals surface area contributed by atoms with E-state index in [0.717, 1.165) is 62.8 Å². The van der Waals surface area contributed by atoms with E-state index in [0.29, 0.717) is 18.5 Å². The van der Waals surface area contributed by atoms with Gasteiger partial charge in [0, 0.05) is 63.7 Å². The number of nitrogens with one attached hydrogen (secondary N) is 1. The van der Waals surface area contributed by atoms with Crippen LogP contribution in [-0.4, -0.2) is 87.0 Å². The Hall–Kier alpha value is -2.74. The molecule has 2 atom stereocenters. The van der Waals surface area contributed by atoms with Crippen LogP contribution in [0, 0.1) is 12.8 Å². The van der Waals surface area contributed by atoms with Gasteiger partial charge in [-0.25, -0.2) is 4.98 Å². The summed E-state index contributed by atoms with van der Waals surface area (Å²) >= 11 is 0. The molecule has 0 spiro atoms. The molecule has 8 heteroatoms. The van der Waals surface area contributed by atoms with E-state index in [1.54, 1.807) is 6.92 Å². The van der Waals surface area contributed by atoms with Crippen molar-refractivity contribution in [2.24, 2.45) is 5.92 Å². The number of aryl methyl sites for hydroxylation is 1. The Morgan fingerprint density at radius 2 is 1.81 bits per heavy atom. The molecule has 164 valence electrons. The number of carbonyl (C=O) groups excluding carboxylic acids is 2. The third-order valence-electron chi connectivity index (χ3n) is 7.41. The number of aromatic amines is 1. The number of amides is 2. The zero-order valence-electron chi connectivity index (χ0n) is 18.3. The topological polar surface area (TPSA) is 85.4 Å². The number of hydrogen-bond acceptors (Lipinski definition) is 5. The van der Waals surface area contributed by atoms with Crippen LogP contribution in [0.2, 0.25) is 0 Å². The van der Waals surface area contributed by atoms with Gasteiger partial charge in [0.25, 0.3) is 5.91 Å². The van der Waals surface area contributed by atoms with Crippen molar-refractivity contribution in [3.05, 3.63) is 47.5 Å². The minimum Gasteiger partial charge on any atom is -0.343 e. The minimum atomic E-state index is -0.243. The Labute approximate surface area is 182 Å². The third kappa shape index (κ3) is 3.52. The molecule has 1 aromatic heterocycles. The largest absolute Gasteiger partial charge is 0.343 e. The van der Waals surface area contributed by atoms with Crippen molar-refractivity contribution in [1.29, 1.82) is 0 Å². The summed E-state index contributed by atoms with van der Waals surface area (Å²) in [6.07, 6.45) is 2.00. The lowest BCUT2D eigenvalue weighted by molar-refractivity contribution is -0.130. The first-order valence-electron chi connectivity index (χ1n) is 11.2. The summed E-state index contributed by atoms with van der Waals surface area (Å²) in [6.45, 7) is 8.40. The number of nitrogens with zero attached hydrogens (tertiary/aromatic N) is 5. The van der Waals surface area contributed by atoms with Crippen LogP contribution in [0.5, 0.6) is 0 Å². The second-order valence-corrected chi connectivity index (χ2v) is 9.32. The summed E-state index contributed by atoms with van der Waals surface area (Å²) in [6, 6.07) is 9.99. The van der Waals surface area contributed by atoms with Gasteiger partial charge in [-0.1, -0.05) is 18.2 Å². The molecular formula is C23H30N6O2. The minimum absolute atomic E-state index is 0.0861. The number of aromatic nitrogens is 3. The van der Waals surface area contributed by atoms with Gasteiger partial charge in [-0.2, -0.15) is 5.10 Å². The van der Waals surface area contributed by atoms with E-state index >= 15 is 0 Å². The molecule has 31 heavy (non-hydrogen) atoms. The van der Waals surface area contributed by atoms with Crippen molar-refractivity contribution in [3.8, 4) is 0 Å². The number of hydrogen-bond donors (Lipinski definition) is 1. The number of fused-ring (bicyclic) bond motifs is 1. The van der Waals surface area contributed by atoms with E-state index in [-0.39, 0.29) is 17.2 Å². The lowest BCUT2D eigenvalue weighted by Crippen LogP contribution is -2.48. The maximum atomic E-state index is 13.2. The van der Waals surface area contributed by atoms with Gasteiger partial charge >= 0.3 is 0 Å². The van der Waals surface area contributed by atoms with E-state index in [2.05, 4.69) is 15.1 Å². The molecule has 0 saturated carbocycles. The van der Waals surface area contributed by atoms with Crippen LogP contribution in [0.4, 0.5) is 0 Å². The van der Waals surface area contributed by atoms with Gasteiger partial charge in [-0.05, 0) is 31.9 Å². The van der Waals surface area contributed by atoms with Crippen molar-refractivity contribution >= 4 is 11.8 Å². The summed E-state index contributed by atoms with van der Waals surface area (Å²) in [4.78, 5) is 36.1. The Kier molecular flexibility index (Phi) is 5.04. The van der Waals surface area contributed by atoms with E-state index in [4.69, 9.17) is 4.98 Å². The van der Waals surface area contributed by atoms with Gasteiger partial charge in [0.2, 0.25) is 5.91 Å². The zero-order valence-corrected chi connectivity index (χ0v) is 18.3. The second-order valence-electron chi connectivity index (χ2n) is 9.32. The van der Waals surface area contributed by atoms with Gasteiger partial charge in [0.1, 0.15) is 5.82 Å². The van der Waals surface area contributed by atoms with Crippen LogP contribution in [0.3, 0.4) is 0 Å². The Bertz CT molecular complexity index is 967. The maximum absolute atomic E-state index is 13.2. The molecule has 4 heterocycles. The average molecular weight is 423 g/mol. The number of H-pyrrole nitrogens is 1. The molecule has 3 saturated heterocycles. The summed E-state index contributed by atoms with van der Waals surface area (Å²) in [5, 5.41) is 7.57. The van der Waals surface area contributed by atoms with E-state index < -0.39 is 0 Å². The highest BCUT2D eigenvalue weighted by molar-refractivity contribution is 5.94. The van der Waals surface area contributed by atoms with Crippen LogP contribution in [-0.2, 0) is 10.2 Å². The molecule has 8 nitrogen and oxygen atoms in total.